The van der Waals surface area contributed by atoms with Crippen molar-refractivity contribution in [2.75, 3.05) is 5.32 Å². The summed E-state index contributed by atoms with van der Waals surface area (Å²) in [5.41, 5.74) is 0. The molecule has 1 aliphatic rings. The van der Waals surface area contributed by atoms with Crippen molar-refractivity contribution in [3.63, 3.8) is 0 Å². The van der Waals surface area contributed by atoms with E-state index in [1.54, 1.807) is 18.6 Å². The molecular weight excluding hydrogens is 169 g/mol. The van der Waals surface area contributed by atoms with Crippen LogP contribution in [0.5, 0.6) is 0 Å². The zero-order chi connectivity index (χ0) is 9.10. The second-order valence-corrected chi connectivity index (χ2v) is 3.34. The molecule has 1 N–H and O–H groups in total. The van der Waals surface area contributed by atoms with E-state index in [9.17, 15) is 4.39 Å². The maximum absolute atomic E-state index is 12.8. The lowest BCUT2D eigenvalue weighted by molar-refractivity contribution is 0.341. The van der Waals surface area contributed by atoms with E-state index >= 15 is 0 Å². The van der Waals surface area contributed by atoms with E-state index in [0.29, 0.717) is 12.8 Å². The molecule has 0 aliphatic heterocycles. The minimum absolute atomic E-state index is 0.228. The number of rotatable bonds is 2. The fourth-order valence-electron chi connectivity index (χ4n) is 1.64. The molecule has 1 saturated carbocycles. The summed E-state index contributed by atoms with van der Waals surface area (Å²) in [7, 11) is 0. The Morgan fingerprint density at radius 3 is 2.92 bits per heavy atom. The van der Waals surface area contributed by atoms with Crippen LogP contribution in [0, 0.1) is 0 Å². The monoisotopic (exact) mass is 181 g/mol. The highest BCUT2D eigenvalue weighted by atomic mass is 19.1. The molecule has 0 spiro atoms. The van der Waals surface area contributed by atoms with Crippen LogP contribution in [0.4, 0.5) is 10.2 Å². The van der Waals surface area contributed by atoms with E-state index < -0.39 is 6.17 Å². The first-order valence-electron chi connectivity index (χ1n) is 4.51. The molecule has 1 aliphatic carbocycles. The first kappa shape index (κ1) is 8.41. The molecule has 0 amide bonds. The third kappa shape index (κ3) is 2.14. The topological polar surface area (TPSA) is 37.8 Å². The number of alkyl halides is 1. The summed E-state index contributed by atoms with van der Waals surface area (Å²) in [6.45, 7) is 0. The molecular formula is C9H12FN3. The van der Waals surface area contributed by atoms with Crippen LogP contribution in [0.3, 0.4) is 0 Å². The van der Waals surface area contributed by atoms with Gasteiger partial charge in [0.1, 0.15) is 12.0 Å². The zero-order valence-electron chi connectivity index (χ0n) is 7.28. The first-order chi connectivity index (χ1) is 6.34. The van der Waals surface area contributed by atoms with Crippen LogP contribution >= 0.6 is 0 Å². The summed E-state index contributed by atoms with van der Waals surface area (Å²) >= 11 is 0. The minimum Gasteiger partial charge on any atom is -0.366 e. The molecule has 13 heavy (non-hydrogen) atoms. The maximum atomic E-state index is 12.8. The summed E-state index contributed by atoms with van der Waals surface area (Å²) < 4.78 is 12.8. The van der Waals surface area contributed by atoms with Gasteiger partial charge in [0.15, 0.2) is 0 Å². The number of aromatic nitrogens is 2. The average molecular weight is 181 g/mol. The molecule has 0 aromatic carbocycles. The largest absolute Gasteiger partial charge is 0.366 e. The molecule has 1 fully saturated rings. The molecule has 4 heteroatoms. The summed E-state index contributed by atoms with van der Waals surface area (Å²) in [5.74, 6) is 0.738. The number of anilines is 1. The standard InChI is InChI=1S/C9H12FN3/c10-7-1-2-8(5-7)13-9-6-11-3-4-12-9/h3-4,6-8H,1-2,5H2,(H,12,13). The van der Waals surface area contributed by atoms with Crippen molar-refractivity contribution in [2.45, 2.75) is 31.5 Å². The Morgan fingerprint density at radius 1 is 1.38 bits per heavy atom. The van der Waals surface area contributed by atoms with Crippen molar-refractivity contribution in [1.29, 1.82) is 0 Å². The Balaban J connectivity index is 1.92. The van der Waals surface area contributed by atoms with E-state index in [-0.39, 0.29) is 6.04 Å². The number of hydrogen-bond donors (Lipinski definition) is 1. The molecule has 1 aromatic rings. The highest BCUT2D eigenvalue weighted by Gasteiger charge is 2.23. The van der Waals surface area contributed by atoms with Crippen LogP contribution in [-0.2, 0) is 0 Å². The van der Waals surface area contributed by atoms with Gasteiger partial charge in [-0.05, 0) is 19.3 Å². The van der Waals surface area contributed by atoms with Gasteiger partial charge in [-0.25, -0.2) is 9.37 Å². The van der Waals surface area contributed by atoms with Crippen LogP contribution in [0.25, 0.3) is 0 Å². The summed E-state index contributed by atoms with van der Waals surface area (Å²) in [4.78, 5) is 8.00. The molecule has 1 aromatic heterocycles. The fraction of sp³-hybridized carbons (Fsp3) is 0.556. The van der Waals surface area contributed by atoms with Gasteiger partial charge in [0, 0.05) is 18.4 Å². The van der Waals surface area contributed by atoms with Crippen LogP contribution in [0.15, 0.2) is 18.6 Å². The van der Waals surface area contributed by atoms with Gasteiger partial charge in [-0.1, -0.05) is 0 Å². The number of hydrogen-bond acceptors (Lipinski definition) is 3. The van der Waals surface area contributed by atoms with Gasteiger partial charge >= 0.3 is 0 Å². The molecule has 0 radical (unpaired) electrons. The highest BCUT2D eigenvalue weighted by molar-refractivity contribution is 5.31. The highest BCUT2D eigenvalue weighted by Crippen LogP contribution is 2.24. The van der Waals surface area contributed by atoms with Crippen LogP contribution in [0.1, 0.15) is 19.3 Å². The Labute approximate surface area is 76.4 Å². The fourth-order valence-corrected chi connectivity index (χ4v) is 1.64. The van der Waals surface area contributed by atoms with Gasteiger partial charge in [0.05, 0.1) is 6.20 Å². The van der Waals surface area contributed by atoms with E-state index in [1.807, 2.05) is 0 Å². The molecule has 2 atom stereocenters. The predicted octanol–water partition coefficient (Wildman–Crippen LogP) is 1.78. The van der Waals surface area contributed by atoms with E-state index in [2.05, 4.69) is 15.3 Å². The lowest BCUT2D eigenvalue weighted by Crippen LogP contribution is -2.16. The molecule has 0 bridgehead atoms. The molecule has 70 valence electrons. The average Bonchev–Trinajstić information content (AvgIpc) is 2.53. The SMILES string of the molecule is FC1CCC(Nc2cnccn2)C1. The zero-order valence-corrected chi connectivity index (χ0v) is 7.28. The van der Waals surface area contributed by atoms with E-state index in [1.165, 1.54) is 0 Å². The molecule has 1 heterocycles. The minimum atomic E-state index is -0.644. The van der Waals surface area contributed by atoms with Crippen molar-refractivity contribution in [2.24, 2.45) is 0 Å². The van der Waals surface area contributed by atoms with Crippen molar-refractivity contribution in [1.82, 2.24) is 9.97 Å². The Hall–Kier alpha value is -1.19. The molecule has 3 nitrogen and oxygen atoms in total. The van der Waals surface area contributed by atoms with Gasteiger partial charge in [0.2, 0.25) is 0 Å². The smallest absolute Gasteiger partial charge is 0.144 e. The van der Waals surface area contributed by atoms with Crippen molar-refractivity contribution >= 4 is 5.82 Å². The Bertz CT molecular complexity index is 265. The van der Waals surface area contributed by atoms with Gasteiger partial charge < -0.3 is 5.32 Å². The van der Waals surface area contributed by atoms with Gasteiger partial charge in [-0.15, -0.1) is 0 Å². The third-order valence-electron chi connectivity index (χ3n) is 2.28. The Kier molecular flexibility index (Phi) is 2.38. The second kappa shape index (κ2) is 3.68. The van der Waals surface area contributed by atoms with Crippen molar-refractivity contribution in [3.8, 4) is 0 Å². The van der Waals surface area contributed by atoms with Crippen molar-refractivity contribution < 1.29 is 4.39 Å². The summed E-state index contributed by atoms with van der Waals surface area (Å²) in [6, 6.07) is 0.228. The quantitative estimate of drug-likeness (QED) is 0.755. The predicted molar refractivity (Wildman–Crippen MR) is 48.2 cm³/mol. The van der Waals surface area contributed by atoms with E-state index in [4.69, 9.17) is 0 Å². The van der Waals surface area contributed by atoms with Crippen LogP contribution in [0.2, 0.25) is 0 Å². The maximum Gasteiger partial charge on any atom is 0.144 e. The number of nitrogens with one attached hydrogen (secondary N) is 1. The second-order valence-electron chi connectivity index (χ2n) is 3.34. The Morgan fingerprint density at radius 2 is 2.31 bits per heavy atom. The van der Waals surface area contributed by atoms with Gasteiger partial charge in [-0.3, -0.25) is 4.98 Å². The first-order valence-corrected chi connectivity index (χ1v) is 4.51. The van der Waals surface area contributed by atoms with Gasteiger partial charge in [-0.2, -0.15) is 0 Å². The third-order valence-corrected chi connectivity index (χ3v) is 2.28. The molecule has 0 saturated heterocycles. The van der Waals surface area contributed by atoms with Crippen LogP contribution < -0.4 is 5.32 Å². The number of nitrogens with zero attached hydrogens (tertiary/aromatic N) is 2. The molecule has 2 rings (SSSR count). The summed E-state index contributed by atoms with van der Waals surface area (Å²) in [6.07, 6.45) is 6.41. The molecule has 2 unspecified atom stereocenters. The van der Waals surface area contributed by atoms with Crippen LogP contribution in [-0.4, -0.2) is 22.2 Å². The van der Waals surface area contributed by atoms with E-state index in [0.717, 1.165) is 12.2 Å². The summed E-state index contributed by atoms with van der Waals surface area (Å²) in [5, 5.41) is 3.16. The lowest BCUT2D eigenvalue weighted by Gasteiger charge is -2.11. The van der Waals surface area contributed by atoms with Gasteiger partial charge in [0.25, 0.3) is 0 Å². The normalized spacial score (nSPS) is 27.5. The van der Waals surface area contributed by atoms with Crippen molar-refractivity contribution in [3.05, 3.63) is 18.6 Å². The lowest BCUT2D eigenvalue weighted by atomic mass is 10.2. The number of halogens is 1.